The van der Waals surface area contributed by atoms with E-state index < -0.39 is 6.04 Å². The highest BCUT2D eigenvalue weighted by molar-refractivity contribution is 7.99. The molecule has 0 radical (unpaired) electrons. The van der Waals surface area contributed by atoms with Gasteiger partial charge in [0, 0.05) is 29.6 Å². The lowest BCUT2D eigenvalue weighted by atomic mass is 10.0. The van der Waals surface area contributed by atoms with Gasteiger partial charge >= 0.3 is 0 Å². The van der Waals surface area contributed by atoms with Gasteiger partial charge in [-0.1, -0.05) is 59.9 Å². The van der Waals surface area contributed by atoms with Crippen molar-refractivity contribution in [1.82, 2.24) is 9.97 Å². The highest BCUT2D eigenvalue weighted by Crippen LogP contribution is 2.34. The molecule has 0 aliphatic rings. The lowest BCUT2D eigenvalue weighted by Gasteiger charge is -2.17. The topological polar surface area (TPSA) is 97.4 Å². The van der Waals surface area contributed by atoms with Gasteiger partial charge in [0.25, 0.3) is 0 Å². The summed E-state index contributed by atoms with van der Waals surface area (Å²) in [5, 5.41) is 23.9. The van der Waals surface area contributed by atoms with Crippen molar-refractivity contribution < 1.29 is 0 Å². The molecule has 156 valence electrons. The molecule has 0 spiro atoms. The first-order valence-electron chi connectivity index (χ1n) is 9.63. The summed E-state index contributed by atoms with van der Waals surface area (Å²) in [6, 6.07) is 20.9. The fourth-order valence-electron chi connectivity index (χ4n) is 3.38. The third-order valence-corrected chi connectivity index (χ3v) is 5.65. The SMILES string of the molecule is CSNc1cc(-c2ccc3ncc(C#N)c(NC(C#N)c4ccccc4)c3c2)cnc1Cl. The predicted octanol–water partition coefficient (Wildman–Crippen LogP) is 6.19. The zero-order chi connectivity index (χ0) is 22.5. The van der Waals surface area contributed by atoms with Gasteiger partial charge < -0.3 is 10.0 Å². The van der Waals surface area contributed by atoms with Gasteiger partial charge in [0.2, 0.25) is 0 Å². The van der Waals surface area contributed by atoms with Crippen molar-refractivity contribution in [3.8, 4) is 23.3 Å². The van der Waals surface area contributed by atoms with Gasteiger partial charge in [0.05, 0.1) is 28.5 Å². The van der Waals surface area contributed by atoms with Crippen LogP contribution in [-0.4, -0.2) is 16.2 Å². The highest BCUT2D eigenvalue weighted by atomic mass is 35.5. The Morgan fingerprint density at radius 2 is 1.81 bits per heavy atom. The van der Waals surface area contributed by atoms with Crippen molar-refractivity contribution in [3.63, 3.8) is 0 Å². The second-order valence-electron chi connectivity index (χ2n) is 6.88. The summed E-state index contributed by atoms with van der Waals surface area (Å²) in [5.74, 6) is 0. The van der Waals surface area contributed by atoms with Crippen LogP contribution in [0.3, 0.4) is 0 Å². The van der Waals surface area contributed by atoms with E-state index in [2.05, 4.69) is 32.1 Å². The third-order valence-electron chi connectivity index (χ3n) is 4.92. The van der Waals surface area contributed by atoms with Crippen LogP contribution in [0.25, 0.3) is 22.0 Å². The summed E-state index contributed by atoms with van der Waals surface area (Å²) >= 11 is 7.61. The van der Waals surface area contributed by atoms with Gasteiger partial charge in [0.15, 0.2) is 5.15 Å². The Labute approximate surface area is 195 Å². The standard InChI is InChI=1S/C24H17ClN6S/c1-32-31-21-10-17(13-29-24(21)25)16-7-8-20-19(9-16)23(18(11-26)14-28-20)30-22(12-27)15-5-3-2-4-6-15/h2-10,13-14,22,31H,1H3,(H,28,30). The Kier molecular flexibility index (Phi) is 6.42. The van der Waals surface area contributed by atoms with Crippen LogP contribution in [0.1, 0.15) is 17.2 Å². The van der Waals surface area contributed by atoms with Crippen molar-refractivity contribution in [2.45, 2.75) is 6.04 Å². The van der Waals surface area contributed by atoms with E-state index in [0.717, 1.165) is 22.1 Å². The van der Waals surface area contributed by atoms with Crippen LogP contribution < -0.4 is 10.0 Å². The van der Waals surface area contributed by atoms with Gasteiger partial charge in [0.1, 0.15) is 12.1 Å². The van der Waals surface area contributed by atoms with Crippen LogP contribution >= 0.6 is 23.5 Å². The molecular weight excluding hydrogens is 440 g/mol. The summed E-state index contributed by atoms with van der Waals surface area (Å²) in [6.07, 6.45) is 5.13. The first-order chi connectivity index (χ1) is 15.6. The maximum atomic E-state index is 9.78. The van der Waals surface area contributed by atoms with Crippen molar-refractivity contribution in [3.05, 3.63) is 83.3 Å². The van der Waals surface area contributed by atoms with Gasteiger partial charge in [-0.3, -0.25) is 4.98 Å². The van der Waals surface area contributed by atoms with Crippen molar-refractivity contribution in [2.75, 3.05) is 16.3 Å². The number of halogens is 1. The molecule has 8 heteroatoms. The lowest BCUT2D eigenvalue weighted by Crippen LogP contribution is -2.10. The number of aromatic nitrogens is 2. The Hall–Kier alpha value is -3.78. The molecule has 0 aliphatic carbocycles. The Morgan fingerprint density at radius 3 is 2.53 bits per heavy atom. The molecule has 4 aromatic rings. The first-order valence-corrected chi connectivity index (χ1v) is 11.2. The molecule has 6 nitrogen and oxygen atoms in total. The number of benzene rings is 2. The Balaban J connectivity index is 1.83. The van der Waals surface area contributed by atoms with Crippen LogP contribution in [0.2, 0.25) is 5.15 Å². The van der Waals surface area contributed by atoms with Crippen LogP contribution in [-0.2, 0) is 0 Å². The third kappa shape index (κ3) is 4.31. The molecule has 0 aliphatic heterocycles. The number of nitriles is 2. The minimum Gasteiger partial charge on any atom is -0.365 e. The maximum Gasteiger partial charge on any atom is 0.152 e. The number of hydrogen-bond donors (Lipinski definition) is 2. The van der Waals surface area contributed by atoms with Gasteiger partial charge in [-0.2, -0.15) is 10.5 Å². The average Bonchev–Trinajstić information content (AvgIpc) is 2.84. The van der Waals surface area contributed by atoms with Crippen molar-refractivity contribution in [2.24, 2.45) is 0 Å². The number of anilines is 2. The second-order valence-corrected chi connectivity index (χ2v) is 7.85. The molecule has 0 saturated carbocycles. The molecule has 2 N–H and O–H groups in total. The van der Waals surface area contributed by atoms with Crippen molar-refractivity contribution >= 4 is 45.8 Å². The molecule has 0 saturated heterocycles. The summed E-state index contributed by atoms with van der Waals surface area (Å²) in [6.45, 7) is 0. The zero-order valence-corrected chi connectivity index (χ0v) is 18.6. The minimum absolute atomic E-state index is 0.366. The monoisotopic (exact) mass is 456 g/mol. The molecule has 4 rings (SSSR count). The van der Waals surface area contributed by atoms with E-state index >= 15 is 0 Å². The number of hydrogen-bond acceptors (Lipinski definition) is 7. The summed E-state index contributed by atoms with van der Waals surface area (Å²) in [7, 11) is 0. The minimum atomic E-state index is -0.618. The molecular formula is C24H17ClN6S. The van der Waals surface area contributed by atoms with Crippen LogP contribution in [0, 0.1) is 22.7 Å². The average molecular weight is 457 g/mol. The van der Waals surface area contributed by atoms with Crippen LogP contribution in [0.4, 0.5) is 11.4 Å². The molecule has 1 unspecified atom stereocenters. The molecule has 0 fully saturated rings. The number of rotatable bonds is 6. The van der Waals surface area contributed by atoms with Crippen LogP contribution in [0.15, 0.2) is 67.0 Å². The number of fused-ring (bicyclic) bond motifs is 1. The zero-order valence-electron chi connectivity index (χ0n) is 17.0. The van der Waals surface area contributed by atoms with E-state index in [1.54, 1.807) is 6.20 Å². The molecule has 0 amide bonds. The highest BCUT2D eigenvalue weighted by Gasteiger charge is 2.16. The number of pyridine rings is 2. The summed E-state index contributed by atoms with van der Waals surface area (Å²) in [5.41, 5.74) is 4.93. The smallest absolute Gasteiger partial charge is 0.152 e. The normalized spacial score (nSPS) is 11.4. The molecule has 1 atom stereocenters. The van der Waals surface area contributed by atoms with Gasteiger partial charge in [-0.05, 0) is 29.3 Å². The van der Waals surface area contributed by atoms with E-state index in [1.807, 2.05) is 60.9 Å². The molecule has 0 bridgehead atoms. The summed E-state index contributed by atoms with van der Waals surface area (Å²) in [4.78, 5) is 8.69. The van der Waals surface area contributed by atoms with E-state index in [0.29, 0.717) is 27.6 Å². The van der Waals surface area contributed by atoms with E-state index in [-0.39, 0.29) is 0 Å². The second kappa shape index (κ2) is 9.57. The van der Waals surface area contributed by atoms with Crippen molar-refractivity contribution in [1.29, 1.82) is 10.5 Å². The summed E-state index contributed by atoms with van der Waals surface area (Å²) < 4.78 is 3.12. The Bertz CT molecular complexity index is 1360. The van der Waals surface area contributed by atoms with E-state index in [9.17, 15) is 10.5 Å². The van der Waals surface area contributed by atoms with E-state index in [4.69, 9.17) is 11.6 Å². The number of nitrogens with one attached hydrogen (secondary N) is 2. The van der Waals surface area contributed by atoms with E-state index in [1.165, 1.54) is 18.1 Å². The maximum absolute atomic E-state index is 9.78. The quantitative estimate of drug-likeness (QED) is 0.263. The van der Waals surface area contributed by atoms with Crippen LogP contribution in [0.5, 0.6) is 0 Å². The fraction of sp³-hybridized carbons (Fsp3) is 0.0833. The number of nitrogens with zero attached hydrogens (tertiary/aromatic N) is 4. The molecule has 32 heavy (non-hydrogen) atoms. The lowest BCUT2D eigenvalue weighted by molar-refractivity contribution is 0.998. The first kappa shape index (κ1) is 21.5. The molecule has 2 aromatic heterocycles. The predicted molar refractivity (Wildman–Crippen MR) is 130 cm³/mol. The molecule has 2 aromatic carbocycles. The molecule has 2 heterocycles. The Morgan fingerprint density at radius 1 is 1.00 bits per heavy atom. The van der Waals surface area contributed by atoms with Gasteiger partial charge in [-0.15, -0.1) is 0 Å². The largest absolute Gasteiger partial charge is 0.365 e. The fourth-order valence-corrected chi connectivity index (χ4v) is 3.96. The van der Waals surface area contributed by atoms with Gasteiger partial charge in [-0.25, -0.2) is 4.98 Å².